The van der Waals surface area contributed by atoms with Gasteiger partial charge in [0, 0.05) is 23.2 Å². The van der Waals surface area contributed by atoms with Gasteiger partial charge in [0.1, 0.15) is 5.69 Å². The van der Waals surface area contributed by atoms with Crippen molar-refractivity contribution in [2.45, 2.75) is 41.5 Å². The standard InChI is InChI=1S/C23H25N3/c1-22(2,3)14-10-18-8-7-9-19(11-15-23(4,5)6)21(18)26-25-20-12-16-24-17-13-20/h7-9,12-13,16-17H,1-6H3. The van der Waals surface area contributed by atoms with Gasteiger partial charge in [0.05, 0.1) is 16.8 Å². The summed E-state index contributed by atoms with van der Waals surface area (Å²) in [5.41, 5.74) is 2.93. The Bertz CT molecular complexity index is 853. The molecule has 0 aliphatic heterocycles. The lowest BCUT2D eigenvalue weighted by Crippen LogP contribution is -2.00. The minimum atomic E-state index is -0.0907. The minimum absolute atomic E-state index is 0.0907. The fourth-order valence-electron chi connectivity index (χ4n) is 1.88. The van der Waals surface area contributed by atoms with Crippen LogP contribution in [0.2, 0.25) is 0 Å². The van der Waals surface area contributed by atoms with E-state index in [9.17, 15) is 0 Å². The van der Waals surface area contributed by atoms with Crippen LogP contribution in [0, 0.1) is 34.5 Å². The second-order valence-electron chi connectivity index (χ2n) is 8.11. The number of aromatic nitrogens is 1. The van der Waals surface area contributed by atoms with Gasteiger partial charge in [0.25, 0.3) is 0 Å². The molecule has 1 aromatic heterocycles. The molecule has 0 amide bonds. The highest BCUT2D eigenvalue weighted by Crippen LogP contribution is 2.27. The van der Waals surface area contributed by atoms with Crippen molar-refractivity contribution in [3.05, 3.63) is 53.9 Å². The second kappa shape index (κ2) is 7.98. The quantitative estimate of drug-likeness (QED) is 0.466. The summed E-state index contributed by atoms with van der Waals surface area (Å²) < 4.78 is 0. The Morgan fingerprint density at radius 2 is 1.23 bits per heavy atom. The first kappa shape index (κ1) is 19.4. The van der Waals surface area contributed by atoms with Crippen molar-refractivity contribution in [3.63, 3.8) is 0 Å². The molecule has 0 spiro atoms. The van der Waals surface area contributed by atoms with E-state index >= 15 is 0 Å². The molecule has 0 aliphatic rings. The molecule has 0 bridgehead atoms. The Labute approximate surface area is 157 Å². The highest BCUT2D eigenvalue weighted by atomic mass is 15.1. The summed E-state index contributed by atoms with van der Waals surface area (Å²) in [5, 5.41) is 8.81. The molecule has 0 unspecified atom stereocenters. The third-order valence-electron chi connectivity index (χ3n) is 3.11. The topological polar surface area (TPSA) is 37.6 Å². The van der Waals surface area contributed by atoms with Gasteiger partial charge in [-0.05, 0) is 65.8 Å². The maximum absolute atomic E-state index is 4.47. The highest BCUT2D eigenvalue weighted by molar-refractivity contribution is 5.65. The minimum Gasteiger partial charge on any atom is -0.265 e. The molecular weight excluding hydrogens is 318 g/mol. The molecule has 3 nitrogen and oxygen atoms in total. The van der Waals surface area contributed by atoms with Crippen LogP contribution in [-0.2, 0) is 0 Å². The summed E-state index contributed by atoms with van der Waals surface area (Å²) in [6, 6.07) is 9.51. The van der Waals surface area contributed by atoms with Gasteiger partial charge < -0.3 is 0 Å². The van der Waals surface area contributed by atoms with E-state index < -0.39 is 0 Å². The first-order chi connectivity index (χ1) is 12.1. The third kappa shape index (κ3) is 6.54. The van der Waals surface area contributed by atoms with Gasteiger partial charge >= 0.3 is 0 Å². The molecule has 0 saturated heterocycles. The molecule has 26 heavy (non-hydrogen) atoms. The normalized spacial score (nSPS) is 11.5. The van der Waals surface area contributed by atoms with Crippen LogP contribution in [0.4, 0.5) is 11.4 Å². The number of hydrogen-bond donors (Lipinski definition) is 0. The Hall–Kier alpha value is -2.91. The Morgan fingerprint density at radius 1 is 0.731 bits per heavy atom. The van der Waals surface area contributed by atoms with Crippen LogP contribution in [0.25, 0.3) is 0 Å². The summed E-state index contributed by atoms with van der Waals surface area (Å²) in [6.45, 7) is 12.5. The van der Waals surface area contributed by atoms with Crippen LogP contribution < -0.4 is 0 Å². The van der Waals surface area contributed by atoms with Crippen molar-refractivity contribution in [1.82, 2.24) is 4.98 Å². The fraction of sp³-hybridized carbons (Fsp3) is 0.348. The number of nitrogens with zero attached hydrogens (tertiary/aromatic N) is 3. The number of benzene rings is 1. The Kier molecular flexibility index (Phi) is 5.96. The Balaban J connectivity index is 2.56. The molecule has 1 aromatic carbocycles. The molecule has 1 heterocycles. The number of azo groups is 1. The zero-order valence-electron chi connectivity index (χ0n) is 16.4. The Morgan fingerprint density at radius 3 is 1.69 bits per heavy atom. The van der Waals surface area contributed by atoms with Gasteiger partial charge in [-0.1, -0.05) is 29.7 Å². The largest absolute Gasteiger partial charge is 0.265 e. The van der Waals surface area contributed by atoms with Crippen LogP contribution in [0.5, 0.6) is 0 Å². The molecule has 0 aliphatic carbocycles. The van der Waals surface area contributed by atoms with Gasteiger partial charge in [0.15, 0.2) is 0 Å². The molecule has 132 valence electrons. The molecule has 0 radical (unpaired) electrons. The lowest BCUT2D eigenvalue weighted by atomic mass is 9.96. The van der Waals surface area contributed by atoms with Crippen molar-refractivity contribution in [2.24, 2.45) is 21.1 Å². The highest BCUT2D eigenvalue weighted by Gasteiger charge is 2.09. The molecular formula is C23H25N3. The molecule has 2 rings (SSSR count). The third-order valence-corrected chi connectivity index (χ3v) is 3.11. The first-order valence-corrected chi connectivity index (χ1v) is 8.65. The monoisotopic (exact) mass is 343 g/mol. The van der Waals surface area contributed by atoms with Crippen LogP contribution >= 0.6 is 0 Å². The summed E-state index contributed by atoms with van der Waals surface area (Å²) in [7, 11) is 0. The van der Waals surface area contributed by atoms with E-state index in [2.05, 4.69) is 80.4 Å². The van der Waals surface area contributed by atoms with Crippen LogP contribution in [0.1, 0.15) is 52.7 Å². The van der Waals surface area contributed by atoms with E-state index in [4.69, 9.17) is 0 Å². The molecule has 3 heteroatoms. The van der Waals surface area contributed by atoms with Crippen LogP contribution in [0.3, 0.4) is 0 Å². The van der Waals surface area contributed by atoms with E-state index in [1.54, 1.807) is 12.4 Å². The van der Waals surface area contributed by atoms with Crippen molar-refractivity contribution in [3.8, 4) is 23.7 Å². The van der Waals surface area contributed by atoms with Gasteiger partial charge in [-0.3, -0.25) is 4.98 Å². The zero-order chi connectivity index (χ0) is 19.2. The van der Waals surface area contributed by atoms with E-state index in [-0.39, 0.29) is 10.8 Å². The van der Waals surface area contributed by atoms with E-state index in [0.29, 0.717) is 5.69 Å². The van der Waals surface area contributed by atoms with E-state index in [1.807, 2.05) is 30.3 Å². The van der Waals surface area contributed by atoms with Gasteiger partial charge in [-0.2, -0.15) is 5.11 Å². The maximum Gasteiger partial charge on any atom is 0.117 e. The predicted molar refractivity (Wildman–Crippen MR) is 108 cm³/mol. The molecule has 2 aromatic rings. The average Bonchev–Trinajstić information content (AvgIpc) is 2.56. The molecule has 0 atom stereocenters. The summed E-state index contributed by atoms with van der Waals surface area (Å²) in [5.74, 6) is 13.0. The van der Waals surface area contributed by atoms with Crippen LogP contribution in [-0.4, -0.2) is 4.98 Å². The average molecular weight is 343 g/mol. The van der Waals surface area contributed by atoms with E-state index in [0.717, 1.165) is 16.8 Å². The molecule has 0 fully saturated rings. The number of rotatable bonds is 2. The van der Waals surface area contributed by atoms with Crippen molar-refractivity contribution in [1.29, 1.82) is 0 Å². The lowest BCUT2D eigenvalue weighted by molar-refractivity contribution is 0.570. The molecule has 0 N–H and O–H groups in total. The second-order valence-corrected chi connectivity index (χ2v) is 8.11. The SMILES string of the molecule is CC(C)(C)C#Cc1cccc(C#CC(C)(C)C)c1N=Nc1ccncc1. The van der Waals surface area contributed by atoms with E-state index in [1.165, 1.54) is 0 Å². The predicted octanol–water partition coefficient (Wildman–Crippen LogP) is 6.29. The molecule has 0 saturated carbocycles. The summed E-state index contributed by atoms with van der Waals surface area (Å²) >= 11 is 0. The van der Waals surface area contributed by atoms with Crippen molar-refractivity contribution >= 4 is 11.4 Å². The van der Waals surface area contributed by atoms with Gasteiger partial charge in [-0.25, -0.2) is 0 Å². The number of pyridine rings is 1. The van der Waals surface area contributed by atoms with Crippen molar-refractivity contribution < 1.29 is 0 Å². The summed E-state index contributed by atoms with van der Waals surface area (Å²) in [4.78, 5) is 4.00. The smallest absolute Gasteiger partial charge is 0.117 e. The maximum atomic E-state index is 4.47. The lowest BCUT2D eigenvalue weighted by Gasteiger charge is -2.09. The van der Waals surface area contributed by atoms with Gasteiger partial charge in [0.2, 0.25) is 0 Å². The van der Waals surface area contributed by atoms with Gasteiger partial charge in [-0.15, -0.1) is 5.11 Å². The van der Waals surface area contributed by atoms with Crippen LogP contribution in [0.15, 0.2) is 53.0 Å². The fourth-order valence-corrected chi connectivity index (χ4v) is 1.88. The summed E-state index contributed by atoms with van der Waals surface area (Å²) in [6.07, 6.45) is 3.39. The van der Waals surface area contributed by atoms with Crippen molar-refractivity contribution in [2.75, 3.05) is 0 Å². The first-order valence-electron chi connectivity index (χ1n) is 8.65. The number of hydrogen-bond acceptors (Lipinski definition) is 3. The zero-order valence-corrected chi connectivity index (χ0v) is 16.4.